The fourth-order valence-electron chi connectivity index (χ4n) is 2.93. The van der Waals surface area contributed by atoms with Crippen molar-refractivity contribution in [3.8, 4) is 0 Å². The second-order valence-electron chi connectivity index (χ2n) is 5.98. The molecule has 112 valence electrons. The van der Waals surface area contributed by atoms with Crippen molar-refractivity contribution in [1.82, 2.24) is 9.80 Å². The lowest BCUT2D eigenvalue weighted by Gasteiger charge is -2.31. The van der Waals surface area contributed by atoms with E-state index in [2.05, 4.69) is 23.9 Å². The Hall–Kier alpha value is -0.610. The summed E-state index contributed by atoms with van der Waals surface area (Å²) in [5.41, 5.74) is 0. The van der Waals surface area contributed by atoms with Crippen molar-refractivity contribution < 1.29 is 9.90 Å². The Morgan fingerprint density at radius 3 is 2.21 bits per heavy atom. The molecule has 1 fully saturated rings. The fraction of sp³-hybridized carbons (Fsp3) is 0.933. The van der Waals surface area contributed by atoms with Crippen molar-refractivity contribution >= 4 is 5.97 Å². The first-order chi connectivity index (χ1) is 9.09. The summed E-state index contributed by atoms with van der Waals surface area (Å²) in [6.45, 7) is 2.83. The number of rotatable bonds is 8. The molecule has 0 atom stereocenters. The predicted molar refractivity (Wildman–Crippen MR) is 78.5 cm³/mol. The van der Waals surface area contributed by atoms with Gasteiger partial charge in [-0.3, -0.25) is 9.69 Å². The smallest absolute Gasteiger partial charge is 0.304 e. The maximum atomic E-state index is 10.8. The molecule has 1 aliphatic carbocycles. The van der Waals surface area contributed by atoms with Crippen molar-refractivity contribution in [2.45, 2.75) is 57.4 Å². The van der Waals surface area contributed by atoms with E-state index >= 15 is 0 Å². The summed E-state index contributed by atoms with van der Waals surface area (Å²) in [7, 11) is 4.18. The van der Waals surface area contributed by atoms with Crippen LogP contribution in [0.25, 0.3) is 0 Å². The Bertz CT molecular complexity index is 249. The van der Waals surface area contributed by atoms with E-state index in [1.165, 1.54) is 38.5 Å². The minimum absolute atomic E-state index is 0.276. The molecule has 0 aromatic rings. The molecule has 0 aliphatic heterocycles. The summed E-state index contributed by atoms with van der Waals surface area (Å²) >= 11 is 0. The van der Waals surface area contributed by atoms with Crippen LogP contribution in [0.2, 0.25) is 0 Å². The molecule has 19 heavy (non-hydrogen) atoms. The van der Waals surface area contributed by atoms with Crippen molar-refractivity contribution in [1.29, 1.82) is 0 Å². The van der Waals surface area contributed by atoms with Gasteiger partial charge < -0.3 is 10.0 Å². The first kappa shape index (κ1) is 16.4. The number of aliphatic carboxylic acids is 1. The molecule has 0 aromatic carbocycles. The lowest BCUT2D eigenvalue weighted by Crippen LogP contribution is -2.38. The molecule has 0 saturated heterocycles. The normalized spacial score (nSPS) is 17.9. The SMILES string of the molecule is CN(C)CCCN(CCC(=O)O)C1CCCCCC1. The van der Waals surface area contributed by atoms with Crippen LogP contribution in [-0.4, -0.2) is 60.6 Å². The van der Waals surface area contributed by atoms with Crippen LogP contribution in [0.15, 0.2) is 0 Å². The lowest BCUT2D eigenvalue weighted by atomic mass is 10.1. The van der Waals surface area contributed by atoms with Gasteiger partial charge in [0.15, 0.2) is 0 Å². The topological polar surface area (TPSA) is 43.8 Å². The molecule has 0 heterocycles. The van der Waals surface area contributed by atoms with Gasteiger partial charge in [-0.25, -0.2) is 0 Å². The number of carboxylic acids is 1. The van der Waals surface area contributed by atoms with Gasteiger partial charge in [0.1, 0.15) is 0 Å². The van der Waals surface area contributed by atoms with E-state index in [9.17, 15) is 4.79 Å². The van der Waals surface area contributed by atoms with E-state index in [0.29, 0.717) is 12.6 Å². The molecule has 4 nitrogen and oxygen atoms in total. The van der Waals surface area contributed by atoms with E-state index in [1.807, 2.05) is 0 Å². The standard InChI is InChI=1S/C15H30N2O2/c1-16(2)11-7-12-17(13-10-15(18)19)14-8-5-3-4-6-9-14/h14H,3-13H2,1-2H3,(H,18,19). The van der Waals surface area contributed by atoms with Crippen LogP contribution in [0, 0.1) is 0 Å². The summed E-state index contributed by atoms with van der Waals surface area (Å²) < 4.78 is 0. The number of carboxylic acid groups (broad SMARTS) is 1. The van der Waals surface area contributed by atoms with E-state index in [0.717, 1.165) is 19.5 Å². The van der Waals surface area contributed by atoms with Gasteiger partial charge in [-0.05, 0) is 46.4 Å². The highest BCUT2D eigenvalue weighted by atomic mass is 16.4. The van der Waals surface area contributed by atoms with Gasteiger partial charge in [-0.1, -0.05) is 25.7 Å². The van der Waals surface area contributed by atoms with Crippen molar-refractivity contribution in [2.24, 2.45) is 0 Å². The summed E-state index contributed by atoms with van der Waals surface area (Å²) in [6, 6.07) is 0.615. The molecule has 4 heteroatoms. The van der Waals surface area contributed by atoms with Gasteiger partial charge in [0.25, 0.3) is 0 Å². The molecule has 1 aliphatic rings. The minimum atomic E-state index is -0.675. The monoisotopic (exact) mass is 270 g/mol. The zero-order valence-electron chi connectivity index (χ0n) is 12.6. The summed E-state index contributed by atoms with van der Waals surface area (Å²) in [6.07, 6.45) is 9.22. The highest BCUT2D eigenvalue weighted by Crippen LogP contribution is 2.22. The zero-order chi connectivity index (χ0) is 14.1. The van der Waals surface area contributed by atoms with Gasteiger partial charge in [0, 0.05) is 12.6 Å². The minimum Gasteiger partial charge on any atom is -0.481 e. The molecule has 0 amide bonds. The second kappa shape index (κ2) is 9.32. The maximum Gasteiger partial charge on any atom is 0.304 e. The lowest BCUT2D eigenvalue weighted by molar-refractivity contribution is -0.137. The van der Waals surface area contributed by atoms with Crippen molar-refractivity contribution in [2.75, 3.05) is 33.7 Å². The Labute approximate surface area is 117 Å². The molecule has 1 saturated carbocycles. The van der Waals surface area contributed by atoms with Crippen LogP contribution < -0.4 is 0 Å². The number of hydrogen-bond donors (Lipinski definition) is 1. The van der Waals surface area contributed by atoms with Crippen LogP contribution in [0.3, 0.4) is 0 Å². The molecular formula is C15H30N2O2. The molecule has 1 N–H and O–H groups in total. The third-order valence-electron chi connectivity index (χ3n) is 4.00. The van der Waals surface area contributed by atoms with Crippen molar-refractivity contribution in [3.63, 3.8) is 0 Å². The first-order valence-electron chi connectivity index (χ1n) is 7.70. The third-order valence-corrected chi connectivity index (χ3v) is 4.00. The van der Waals surface area contributed by atoms with Crippen LogP contribution in [0.1, 0.15) is 51.4 Å². The Balaban J connectivity index is 2.43. The van der Waals surface area contributed by atoms with Crippen LogP contribution in [-0.2, 0) is 4.79 Å². The average molecular weight is 270 g/mol. The van der Waals surface area contributed by atoms with Gasteiger partial charge in [0.2, 0.25) is 0 Å². The van der Waals surface area contributed by atoms with E-state index in [4.69, 9.17) is 5.11 Å². The van der Waals surface area contributed by atoms with Crippen molar-refractivity contribution in [3.05, 3.63) is 0 Å². The molecule has 0 bridgehead atoms. The molecule has 0 aromatic heterocycles. The summed E-state index contributed by atoms with van der Waals surface area (Å²) in [4.78, 5) is 15.4. The molecule has 1 rings (SSSR count). The highest BCUT2D eigenvalue weighted by molar-refractivity contribution is 5.66. The van der Waals surface area contributed by atoms with E-state index < -0.39 is 5.97 Å². The van der Waals surface area contributed by atoms with Gasteiger partial charge in [0.05, 0.1) is 6.42 Å². The molecule has 0 spiro atoms. The molecule has 0 radical (unpaired) electrons. The quantitative estimate of drug-likeness (QED) is 0.688. The largest absolute Gasteiger partial charge is 0.481 e. The Morgan fingerprint density at radius 1 is 1.05 bits per heavy atom. The predicted octanol–water partition coefficient (Wildman–Crippen LogP) is 2.44. The van der Waals surface area contributed by atoms with Gasteiger partial charge >= 0.3 is 5.97 Å². The molecular weight excluding hydrogens is 240 g/mol. The molecule has 0 unspecified atom stereocenters. The second-order valence-corrected chi connectivity index (χ2v) is 5.98. The summed E-state index contributed by atoms with van der Waals surface area (Å²) in [5, 5.41) is 8.90. The van der Waals surface area contributed by atoms with E-state index in [-0.39, 0.29) is 6.42 Å². The number of hydrogen-bond acceptors (Lipinski definition) is 3. The maximum absolute atomic E-state index is 10.8. The average Bonchev–Trinajstić information content (AvgIpc) is 2.61. The van der Waals surface area contributed by atoms with Crippen LogP contribution >= 0.6 is 0 Å². The fourth-order valence-corrected chi connectivity index (χ4v) is 2.93. The Morgan fingerprint density at radius 2 is 1.68 bits per heavy atom. The van der Waals surface area contributed by atoms with Crippen LogP contribution in [0.4, 0.5) is 0 Å². The zero-order valence-corrected chi connectivity index (χ0v) is 12.6. The number of carbonyl (C=O) groups is 1. The third kappa shape index (κ3) is 7.53. The summed E-state index contributed by atoms with van der Waals surface area (Å²) in [5.74, 6) is -0.675. The highest BCUT2D eigenvalue weighted by Gasteiger charge is 2.20. The van der Waals surface area contributed by atoms with Gasteiger partial charge in [-0.15, -0.1) is 0 Å². The van der Waals surface area contributed by atoms with Crippen LogP contribution in [0.5, 0.6) is 0 Å². The Kier molecular flexibility index (Phi) is 8.07. The van der Waals surface area contributed by atoms with E-state index in [1.54, 1.807) is 0 Å². The number of nitrogens with zero attached hydrogens (tertiary/aromatic N) is 2. The first-order valence-corrected chi connectivity index (χ1v) is 7.70. The van der Waals surface area contributed by atoms with Gasteiger partial charge in [-0.2, -0.15) is 0 Å².